The lowest BCUT2D eigenvalue weighted by Crippen LogP contribution is -2.24. The monoisotopic (exact) mass is 376 g/mol. The van der Waals surface area contributed by atoms with Crippen molar-refractivity contribution < 1.29 is 17.5 Å². The van der Waals surface area contributed by atoms with Crippen molar-refractivity contribution in [1.29, 1.82) is 0 Å². The van der Waals surface area contributed by atoms with Crippen LogP contribution in [0.4, 0.5) is 0 Å². The van der Waals surface area contributed by atoms with E-state index in [0.29, 0.717) is 0 Å². The Morgan fingerprint density at radius 3 is 2.23 bits per heavy atom. The van der Waals surface area contributed by atoms with Gasteiger partial charge in [-0.15, -0.1) is 0 Å². The van der Waals surface area contributed by atoms with Crippen LogP contribution in [0.2, 0.25) is 0 Å². The summed E-state index contributed by atoms with van der Waals surface area (Å²) in [6.07, 6.45) is 8.98. The third kappa shape index (κ3) is 7.45. The number of rotatable bonds is 4. The average Bonchev–Trinajstić information content (AvgIpc) is 3.11. The first kappa shape index (κ1) is 20.3. The quantitative estimate of drug-likeness (QED) is 0.793. The number of aryl methyl sites for hydroxylation is 1. The molecule has 0 saturated carbocycles. The number of pyridine rings is 1. The molecule has 1 unspecified atom stereocenters. The van der Waals surface area contributed by atoms with Crippen molar-refractivity contribution >= 4 is 16.5 Å². The molecule has 7 heteroatoms. The highest BCUT2D eigenvalue weighted by atomic mass is 32.3. The van der Waals surface area contributed by atoms with Crippen molar-refractivity contribution in [1.82, 2.24) is 9.88 Å². The molecule has 0 radical (unpaired) electrons. The Bertz CT molecular complexity index is 791. The van der Waals surface area contributed by atoms with Crippen molar-refractivity contribution in [2.24, 2.45) is 0 Å². The third-order valence-corrected chi connectivity index (χ3v) is 4.07. The van der Waals surface area contributed by atoms with Gasteiger partial charge in [-0.1, -0.05) is 48.0 Å². The van der Waals surface area contributed by atoms with E-state index in [9.17, 15) is 0 Å². The molecule has 0 amide bonds. The fraction of sp³-hybridized carbons (Fsp3) is 0.316. The first-order chi connectivity index (χ1) is 12.3. The molecule has 2 N–H and O–H groups in total. The van der Waals surface area contributed by atoms with Crippen LogP contribution in [0.25, 0.3) is 6.08 Å². The Morgan fingerprint density at radius 1 is 1.08 bits per heavy atom. The fourth-order valence-electron chi connectivity index (χ4n) is 2.86. The summed E-state index contributed by atoms with van der Waals surface area (Å²) in [6.45, 7) is 4.45. The molecule has 1 aliphatic rings. The van der Waals surface area contributed by atoms with Gasteiger partial charge in [-0.05, 0) is 50.6 Å². The van der Waals surface area contributed by atoms with E-state index in [-0.39, 0.29) is 6.04 Å². The van der Waals surface area contributed by atoms with Gasteiger partial charge >= 0.3 is 10.4 Å². The van der Waals surface area contributed by atoms with Gasteiger partial charge in [0.2, 0.25) is 0 Å². The normalized spacial score (nSPS) is 16.3. The zero-order valence-electron chi connectivity index (χ0n) is 14.7. The zero-order valence-corrected chi connectivity index (χ0v) is 15.5. The standard InChI is InChI=1S/C19H22N2.H2O4S/c1-16-7-9-17(10-8-16)11-12-19(21-14-4-5-15-21)18-6-2-3-13-20-18;1-5(2,3)4/h2-3,6-13,19H,4-5,14-15H2,1H3;(H2,1,2,3,4). The minimum atomic E-state index is -4.67. The van der Waals surface area contributed by atoms with Crippen molar-refractivity contribution in [2.45, 2.75) is 25.8 Å². The van der Waals surface area contributed by atoms with Crippen LogP contribution in [0.5, 0.6) is 0 Å². The summed E-state index contributed by atoms with van der Waals surface area (Å²) >= 11 is 0. The number of nitrogens with zero attached hydrogens (tertiary/aromatic N) is 2. The van der Waals surface area contributed by atoms with Crippen molar-refractivity contribution in [3.05, 3.63) is 71.6 Å². The Hall–Kier alpha value is -2.06. The summed E-state index contributed by atoms with van der Waals surface area (Å²) in [7, 11) is -4.67. The van der Waals surface area contributed by atoms with E-state index in [0.717, 1.165) is 5.69 Å². The molecule has 0 bridgehead atoms. The van der Waals surface area contributed by atoms with E-state index in [1.54, 1.807) is 0 Å². The number of hydrogen-bond donors (Lipinski definition) is 2. The van der Waals surface area contributed by atoms with Gasteiger partial charge in [0.05, 0.1) is 11.7 Å². The Kier molecular flexibility index (Phi) is 7.47. The summed E-state index contributed by atoms with van der Waals surface area (Å²) in [5, 5.41) is 0. The van der Waals surface area contributed by atoms with E-state index in [1.807, 2.05) is 12.3 Å². The minimum Gasteiger partial charge on any atom is -0.292 e. The molecule has 0 aliphatic carbocycles. The van der Waals surface area contributed by atoms with Crippen LogP contribution in [0.1, 0.15) is 35.7 Å². The molecule has 26 heavy (non-hydrogen) atoms. The molecule has 1 saturated heterocycles. The van der Waals surface area contributed by atoms with E-state index < -0.39 is 10.4 Å². The van der Waals surface area contributed by atoms with Gasteiger partial charge in [0, 0.05) is 6.20 Å². The lowest BCUT2D eigenvalue weighted by Gasteiger charge is -2.24. The summed E-state index contributed by atoms with van der Waals surface area (Å²) in [5.41, 5.74) is 3.69. The lowest BCUT2D eigenvalue weighted by molar-refractivity contribution is 0.284. The van der Waals surface area contributed by atoms with Gasteiger partial charge in [0.1, 0.15) is 0 Å². The van der Waals surface area contributed by atoms with Gasteiger partial charge < -0.3 is 0 Å². The second kappa shape index (κ2) is 9.59. The second-order valence-corrected chi connectivity index (χ2v) is 7.06. The molecule has 1 atom stereocenters. The zero-order chi connectivity index (χ0) is 19.0. The maximum absolute atomic E-state index is 8.74. The van der Waals surface area contributed by atoms with E-state index in [4.69, 9.17) is 17.5 Å². The number of aromatic nitrogens is 1. The third-order valence-electron chi connectivity index (χ3n) is 4.07. The van der Waals surface area contributed by atoms with Crippen LogP contribution in [0.3, 0.4) is 0 Å². The molecule has 0 spiro atoms. The molecule has 3 rings (SSSR count). The van der Waals surface area contributed by atoms with E-state index >= 15 is 0 Å². The van der Waals surface area contributed by atoms with Crippen molar-refractivity contribution in [3.8, 4) is 0 Å². The molecule has 1 aromatic carbocycles. The highest BCUT2D eigenvalue weighted by Gasteiger charge is 2.21. The number of hydrogen-bond acceptors (Lipinski definition) is 4. The molecule has 2 aromatic rings. The Morgan fingerprint density at radius 2 is 1.69 bits per heavy atom. The smallest absolute Gasteiger partial charge is 0.292 e. The van der Waals surface area contributed by atoms with Gasteiger partial charge in [-0.25, -0.2) is 0 Å². The molecule has 2 heterocycles. The molecule has 140 valence electrons. The highest BCUT2D eigenvalue weighted by Crippen LogP contribution is 2.25. The van der Waals surface area contributed by atoms with Crippen LogP contribution >= 0.6 is 0 Å². The second-order valence-electron chi connectivity index (χ2n) is 6.16. The predicted molar refractivity (Wildman–Crippen MR) is 102 cm³/mol. The van der Waals surface area contributed by atoms with Crippen molar-refractivity contribution in [2.75, 3.05) is 13.1 Å². The van der Waals surface area contributed by atoms with Gasteiger partial charge in [-0.3, -0.25) is 19.0 Å². The Balaban J connectivity index is 0.000000431. The topological polar surface area (TPSA) is 90.7 Å². The summed E-state index contributed by atoms with van der Waals surface area (Å²) in [4.78, 5) is 7.08. The van der Waals surface area contributed by atoms with Crippen LogP contribution in [0, 0.1) is 6.92 Å². The Labute approximate surface area is 154 Å². The minimum absolute atomic E-state index is 0.287. The number of likely N-dealkylation sites (tertiary alicyclic amines) is 1. The molecule has 1 aliphatic heterocycles. The summed E-state index contributed by atoms with van der Waals surface area (Å²) in [6, 6.07) is 15.1. The average molecular weight is 376 g/mol. The highest BCUT2D eigenvalue weighted by molar-refractivity contribution is 7.79. The summed E-state index contributed by atoms with van der Waals surface area (Å²) < 4.78 is 31.6. The van der Waals surface area contributed by atoms with E-state index in [1.165, 1.54) is 37.1 Å². The summed E-state index contributed by atoms with van der Waals surface area (Å²) in [5.74, 6) is 0. The van der Waals surface area contributed by atoms with E-state index in [2.05, 4.69) is 65.4 Å². The van der Waals surface area contributed by atoms with Crippen LogP contribution in [-0.4, -0.2) is 40.5 Å². The van der Waals surface area contributed by atoms with Crippen molar-refractivity contribution in [3.63, 3.8) is 0 Å². The first-order valence-electron chi connectivity index (χ1n) is 8.43. The van der Waals surface area contributed by atoms with Gasteiger partial charge in [-0.2, -0.15) is 8.42 Å². The predicted octanol–water partition coefficient (Wildman–Crippen LogP) is 3.59. The van der Waals surface area contributed by atoms with Crippen LogP contribution in [0.15, 0.2) is 54.7 Å². The fourth-order valence-corrected chi connectivity index (χ4v) is 2.86. The largest absolute Gasteiger partial charge is 0.394 e. The molecular weight excluding hydrogens is 352 g/mol. The SMILES string of the molecule is Cc1ccc(C=CC(c2ccccn2)N2CCCC2)cc1.O=S(=O)(O)O. The maximum Gasteiger partial charge on any atom is 0.394 e. The first-order valence-corrected chi connectivity index (χ1v) is 9.82. The van der Waals surface area contributed by atoms with Gasteiger partial charge in [0.15, 0.2) is 0 Å². The molecule has 1 fully saturated rings. The molecule has 6 nitrogen and oxygen atoms in total. The molecule has 1 aromatic heterocycles. The molecular formula is C19H24N2O4S. The maximum atomic E-state index is 8.74. The van der Waals surface area contributed by atoms with Gasteiger partial charge in [0.25, 0.3) is 0 Å². The van der Waals surface area contributed by atoms with Crippen LogP contribution < -0.4 is 0 Å². The number of benzene rings is 1. The van der Waals surface area contributed by atoms with Crippen LogP contribution in [-0.2, 0) is 10.4 Å². The lowest BCUT2D eigenvalue weighted by atomic mass is 10.1.